The molecule has 0 saturated heterocycles. The Morgan fingerprint density at radius 1 is 1.00 bits per heavy atom. The van der Waals surface area contributed by atoms with Crippen molar-refractivity contribution >= 4 is 49.1 Å². The first-order valence-corrected chi connectivity index (χ1v) is 11.9. The van der Waals surface area contributed by atoms with E-state index in [-0.39, 0.29) is 22.6 Å². The molecule has 0 bridgehead atoms. The van der Waals surface area contributed by atoms with Crippen LogP contribution in [0.4, 0.5) is 11.4 Å². The molecule has 9 heteroatoms. The van der Waals surface area contributed by atoms with Crippen molar-refractivity contribution in [2.45, 2.75) is 37.6 Å². The molecule has 0 unspecified atom stereocenters. The summed E-state index contributed by atoms with van der Waals surface area (Å²) in [6.45, 7) is 3.53. The van der Waals surface area contributed by atoms with E-state index in [0.717, 1.165) is 17.3 Å². The fourth-order valence-electron chi connectivity index (χ4n) is 2.83. The van der Waals surface area contributed by atoms with Crippen molar-refractivity contribution < 1.29 is 18.0 Å². The van der Waals surface area contributed by atoms with Crippen molar-refractivity contribution in [3.63, 3.8) is 0 Å². The number of sulfonamides is 1. The van der Waals surface area contributed by atoms with E-state index in [2.05, 4.69) is 31.3 Å². The summed E-state index contributed by atoms with van der Waals surface area (Å²) in [6, 6.07) is 12.0. The van der Waals surface area contributed by atoms with Crippen LogP contribution in [0.5, 0.6) is 0 Å². The molecule has 2 amide bonds. The van der Waals surface area contributed by atoms with Gasteiger partial charge in [-0.05, 0) is 61.2 Å². The second-order valence-corrected chi connectivity index (χ2v) is 10.3. The Morgan fingerprint density at radius 3 is 2.17 bits per heavy atom. The summed E-state index contributed by atoms with van der Waals surface area (Å²) in [7, 11) is -3.87. The summed E-state index contributed by atoms with van der Waals surface area (Å²) in [5, 5.41) is 5.57. The van der Waals surface area contributed by atoms with Crippen LogP contribution in [0.3, 0.4) is 0 Å². The number of anilines is 2. The second-order valence-electron chi connectivity index (χ2n) is 7.63. The van der Waals surface area contributed by atoms with Gasteiger partial charge in [0.25, 0.3) is 0 Å². The molecule has 3 rings (SSSR count). The number of hydrogen-bond acceptors (Lipinski definition) is 4. The summed E-state index contributed by atoms with van der Waals surface area (Å²) in [5.74, 6) is -0.716. The zero-order valence-electron chi connectivity index (χ0n) is 16.7. The Kier molecular flexibility index (Phi) is 6.95. The van der Waals surface area contributed by atoms with Crippen molar-refractivity contribution in [3.8, 4) is 0 Å². The van der Waals surface area contributed by atoms with Crippen LogP contribution in [0.25, 0.3) is 0 Å². The molecule has 1 aliphatic carbocycles. The molecule has 0 aromatic heterocycles. The minimum atomic E-state index is -3.87. The average molecular weight is 494 g/mol. The molecule has 0 aliphatic heterocycles. The van der Waals surface area contributed by atoms with Crippen molar-refractivity contribution in [1.29, 1.82) is 0 Å². The maximum atomic E-state index is 12.8. The molecule has 1 aliphatic rings. The van der Waals surface area contributed by atoms with Gasteiger partial charge in [0.05, 0.1) is 4.90 Å². The Morgan fingerprint density at radius 2 is 1.60 bits per heavy atom. The van der Waals surface area contributed by atoms with Gasteiger partial charge in [-0.15, -0.1) is 0 Å². The topological polar surface area (TPSA) is 104 Å². The lowest BCUT2D eigenvalue weighted by Gasteiger charge is -2.22. The first-order chi connectivity index (χ1) is 14.2. The van der Waals surface area contributed by atoms with Crippen LogP contribution in [0.2, 0.25) is 0 Å². The highest BCUT2D eigenvalue weighted by Crippen LogP contribution is 2.30. The van der Waals surface area contributed by atoms with Gasteiger partial charge in [-0.25, -0.2) is 8.42 Å². The van der Waals surface area contributed by atoms with E-state index in [4.69, 9.17) is 0 Å². The SMILES string of the molecule is CC(C)[C@H](NS(=O)(=O)c1ccc(Br)cc1)C(=O)Nc1cccc(NC(=O)C2CC2)c1. The van der Waals surface area contributed by atoms with Crippen LogP contribution in [0.15, 0.2) is 57.9 Å². The number of carbonyl (C=O) groups is 2. The maximum absolute atomic E-state index is 12.8. The summed E-state index contributed by atoms with van der Waals surface area (Å²) in [6.07, 6.45) is 1.80. The number of rotatable bonds is 8. The minimum absolute atomic E-state index is 0.0270. The highest BCUT2D eigenvalue weighted by Gasteiger charge is 2.30. The fourth-order valence-corrected chi connectivity index (χ4v) is 4.43. The van der Waals surface area contributed by atoms with Gasteiger partial charge in [-0.3, -0.25) is 9.59 Å². The van der Waals surface area contributed by atoms with Gasteiger partial charge in [0, 0.05) is 21.8 Å². The van der Waals surface area contributed by atoms with E-state index >= 15 is 0 Å². The van der Waals surface area contributed by atoms with E-state index in [1.54, 1.807) is 50.2 Å². The largest absolute Gasteiger partial charge is 0.326 e. The van der Waals surface area contributed by atoms with Crippen molar-refractivity contribution in [2.75, 3.05) is 10.6 Å². The second kappa shape index (κ2) is 9.28. The van der Waals surface area contributed by atoms with E-state index in [9.17, 15) is 18.0 Å². The Hall–Kier alpha value is -2.23. The highest BCUT2D eigenvalue weighted by molar-refractivity contribution is 9.10. The molecular formula is C21H24BrN3O4S. The monoisotopic (exact) mass is 493 g/mol. The number of benzene rings is 2. The van der Waals surface area contributed by atoms with Crippen molar-refractivity contribution in [1.82, 2.24) is 4.72 Å². The van der Waals surface area contributed by atoms with Crippen molar-refractivity contribution in [2.24, 2.45) is 11.8 Å². The molecule has 7 nitrogen and oxygen atoms in total. The smallest absolute Gasteiger partial charge is 0.242 e. The van der Waals surface area contributed by atoms with Gasteiger partial charge in [-0.1, -0.05) is 35.8 Å². The molecular weight excluding hydrogens is 470 g/mol. The first kappa shape index (κ1) is 22.5. The molecule has 3 N–H and O–H groups in total. The van der Waals surface area contributed by atoms with Crippen molar-refractivity contribution in [3.05, 3.63) is 53.0 Å². The third-order valence-electron chi connectivity index (χ3n) is 4.70. The van der Waals surface area contributed by atoms with Crippen LogP contribution in [0.1, 0.15) is 26.7 Å². The summed E-state index contributed by atoms with van der Waals surface area (Å²) >= 11 is 3.27. The normalized spacial score (nSPS) is 14.9. The summed E-state index contributed by atoms with van der Waals surface area (Å²) < 4.78 is 28.7. The quantitative estimate of drug-likeness (QED) is 0.520. The lowest BCUT2D eigenvalue weighted by molar-refractivity contribution is -0.118. The maximum Gasteiger partial charge on any atom is 0.242 e. The third kappa shape index (κ3) is 5.90. The molecule has 30 heavy (non-hydrogen) atoms. The minimum Gasteiger partial charge on any atom is -0.326 e. The van der Waals surface area contributed by atoms with Gasteiger partial charge >= 0.3 is 0 Å². The van der Waals surface area contributed by atoms with E-state index in [1.807, 2.05) is 0 Å². The molecule has 0 heterocycles. The van der Waals surface area contributed by atoms with Gasteiger partial charge in [0.15, 0.2) is 0 Å². The summed E-state index contributed by atoms with van der Waals surface area (Å²) in [4.78, 5) is 24.9. The zero-order valence-corrected chi connectivity index (χ0v) is 19.1. The third-order valence-corrected chi connectivity index (χ3v) is 6.69. The number of hydrogen-bond donors (Lipinski definition) is 3. The van der Waals surface area contributed by atoms with Gasteiger partial charge in [-0.2, -0.15) is 4.72 Å². The fraction of sp³-hybridized carbons (Fsp3) is 0.333. The summed E-state index contributed by atoms with van der Waals surface area (Å²) in [5.41, 5.74) is 1.06. The van der Waals surface area contributed by atoms with Crippen LogP contribution >= 0.6 is 15.9 Å². The Labute approximate surface area is 184 Å². The van der Waals surface area contributed by atoms with Crippen LogP contribution in [-0.2, 0) is 19.6 Å². The number of amides is 2. The number of carbonyl (C=O) groups excluding carboxylic acids is 2. The Bertz CT molecular complexity index is 1030. The molecule has 1 fully saturated rings. The molecule has 2 aromatic carbocycles. The first-order valence-electron chi connectivity index (χ1n) is 9.65. The van der Waals surface area contributed by atoms with Gasteiger partial charge in [0.2, 0.25) is 21.8 Å². The van der Waals surface area contributed by atoms with Crippen LogP contribution in [-0.4, -0.2) is 26.3 Å². The standard InChI is InChI=1S/C21H24BrN3O4S/c1-13(2)19(25-30(28,29)18-10-8-15(22)9-11-18)21(27)24-17-5-3-4-16(12-17)23-20(26)14-6-7-14/h3-5,8-14,19,25H,6-7H2,1-2H3,(H,23,26)(H,24,27)/t19-/m0/s1. The lowest BCUT2D eigenvalue weighted by Crippen LogP contribution is -2.47. The molecule has 0 spiro atoms. The number of nitrogens with one attached hydrogen (secondary N) is 3. The van der Waals surface area contributed by atoms with Gasteiger partial charge in [0.1, 0.15) is 6.04 Å². The van der Waals surface area contributed by atoms with Gasteiger partial charge < -0.3 is 10.6 Å². The molecule has 0 radical (unpaired) electrons. The van der Waals surface area contributed by atoms with E-state index in [0.29, 0.717) is 11.4 Å². The molecule has 1 atom stereocenters. The molecule has 2 aromatic rings. The number of halogens is 1. The van der Waals surface area contributed by atoms with Crippen LogP contribution < -0.4 is 15.4 Å². The van der Waals surface area contributed by atoms with E-state index in [1.165, 1.54) is 12.1 Å². The zero-order chi connectivity index (χ0) is 21.9. The predicted molar refractivity (Wildman–Crippen MR) is 120 cm³/mol. The lowest BCUT2D eigenvalue weighted by atomic mass is 10.0. The predicted octanol–water partition coefficient (Wildman–Crippen LogP) is 3.74. The van der Waals surface area contributed by atoms with E-state index < -0.39 is 22.0 Å². The van der Waals surface area contributed by atoms with Crippen LogP contribution in [0, 0.1) is 11.8 Å². The Balaban J connectivity index is 1.71. The molecule has 1 saturated carbocycles. The average Bonchev–Trinajstić information content (AvgIpc) is 3.52. The molecule has 160 valence electrons. The highest BCUT2D eigenvalue weighted by atomic mass is 79.9.